The van der Waals surface area contributed by atoms with Crippen molar-refractivity contribution in [1.29, 1.82) is 0 Å². The zero-order valence-electron chi connectivity index (χ0n) is 32.4. The lowest BCUT2D eigenvalue weighted by Crippen LogP contribution is -2.51. The summed E-state index contributed by atoms with van der Waals surface area (Å²) in [7, 11) is 0. The van der Waals surface area contributed by atoms with Crippen LogP contribution in [0.15, 0.2) is 158 Å². The van der Waals surface area contributed by atoms with Gasteiger partial charge in [0.25, 0.3) is 0 Å². The van der Waals surface area contributed by atoms with Gasteiger partial charge in [0.05, 0.1) is 13.2 Å². The average Bonchev–Trinajstić information content (AvgIpc) is 3.23. The Morgan fingerprint density at radius 1 is 0.400 bits per heavy atom. The highest BCUT2D eigenvalue weighted by Crippen LogP contribution is 2.29. The SMILES string of the molecule is CC1CN(Cc2ccccc2)CCN1c1ccc(-c2ccc(COCc3ccc(-c4ccc(N5CCN(Cc6ccccc6)CC5C)cc4)cc3)cc2)cc1. The fourth-order valence-electron chi connectivity index (χ4n) is 8.37. The second kappa shape index (κ2) is 17.5. The van der Waals surface area contributed by atoms with Gasteiger partial charge in [-0.2, -0.15) is 0 Å². The standard InChI is InChI=1S/C50H54N4O/c1-39-33-51(35-41-9-5-3-6-10-41)29-31-53(39)49-25-21-47(22-26-49)45-17-13-43(14-18-45)37-55-38-44-15-19-46(20-16-44)48-23-27-50(28-24-48)54-32-30-52(34-40(54)2)36-42-11-7-4-8-12-42/h3-28,39-40H,29-38H2,1-2H3. The molecule has 2 aliphatic rings. The second-order valence-electron chi connectivity index (χ2n) is 15.5. The first kappa shape index (κ1) is 36.8. The normalized spacial score (nSPS) is 18.1. The van der Waals surface area contributed by atoms with E-state index in [1.54, 1.807) is 0 Å². The Morgan fingerprint density at radius 3 is 1.09 bits per heavy atom. The molecule has 8 rings (SSSR count). The highest BCUT2D eigenvalue weighted by atomic mass is 16.5. The predicted molar refractivity (Wildman–Crippen MR) is 229 cm³/mol. The molecule has 2 fully saturated rings. The molecule has 2 heterocycles. The molecular formula is C50H54N4O. The van der Waals surface area contributed by atoms with E-state index in [4.69, 9.17) is 4.74 Å². The highest BCUT2D eigenvalue weighted by molar-refractivity contribution is 5.68. The summed E-state index contributed by atoms with van der Waals surface area (Å²) in [5.41, 5.74) is 12.7. The molecule has 2 aliphatic heterocycles. The number of nitrogens with zero attached hydrogens (tertiary/aromatic N) is 4. The monoisotopic (exact) mass is 726 g/mol. The van der Waals surface area contributed by atoms with Crippen molar-refractivity contribution in [3.05, 3.63) is 180 Å². The first-order valence-corrected chi connectivity index (χ1v) is 20.1. The topological polar surface area (TPSA) is 22.2 Å². The van der Waals surface area contributed by atoms with Gasteiger partial charge in [-0.3, -0.25) is 9.80 Å². The minimum Gasteiger partial charge on any atom is -0.372 e. The van der Waals surface area contributed by atoms with Crippen LogP contribution in [0.25, 0.3) is 22.3 Å². The molecular weight excluding hydrogens is 673 g/mol. The van der Waals surface area contributed by atoms with Crippen molar-refractivity contribution in [2.45, 2.75) is 52.2 Å². The van der Waals surface area contributed by atoms with Gasteiger partial charge in [0.1, 0.15) is 0 Å². The molecule has 55 heavy (non-hydrogen) atoms. The van der Waals surface area contributed by atoms with Crippen molar-refractivity contribution < 1.29 is 4.74 Å². The maximum Gasteiger partial charge on any atom is 0.0721 e. The Morgan fingerprint density at radius 2 is 0.745 bits per heavy atom. The smallest absolute Gasteiger partial charge is 0.0721 e. The molecule has 0 N–H and O–H groups in total. The van der Waals surface area contributed by atoms with Crippen LogP contribution in [0.3, 0.4) is 0 Å². The van der Waals surface area contributed by atoms with Crippen LogP contribution in [0, 0.1) is 0 Å². The third kappa shape index (κ3) is 9.37. The summed E-state index contributed by atoms with van der Waals surface area (Å²) in [4.78, 5) is 10.2. The minimum absolute atomic E-state index is 0.477. The third-order valence-electron chi connectivity index (χ3n) is 11.4. The van der Waals surface area contributed by atoms with Gasteiger partial charge < -0.3 is 14.5 Å². The molecule has 280 valence electrons. The Balaban J connectivity index is 0.779. The average molecular weight is 727 g/mol. The molecule has 0 aromatic heterocycles. The quantitative estimate of drug-likeness (QED) is 0.125. The van der Waals surface area contributed by atoms with E-state index in [2.05, 4.69) is 191 Å². The molecule has 2 atom stereocenters. The molecule has 2 unspecified atom stereocenters. The largest absolute Gasteiger partial charge is 0.372 e. The zero-order valence-corrected chi connectivity index (χ0v) is 32.4. The number of anilines is 2. The molecule has 0 radical (unpaired) electrons. The van der Waals surface area contributed by atoms with Crippen LogP contribution in [-0.2, 0) is 31.0 Å². The number of benzene rings is 6. The molecule has 2 saturated heterocycles. The van der Waals surface area contributed by atoms with E-state index in [0.717, 1.165) is 52.4 Å². The number of piperazine rings is 2. The van der Waals surface area contributed by atoms with Gasteiger partial charge in [-0.25, -0.2) is 0 Å². The van der Waals surface area contributed by atoms with Crippen molar-refractivity contribution in [3.63, 3.8) is 0 Å². The van der Waals surface area contributed by atoms with Gasteiger partial charge in [0, 0.05) is 75.8 Å². The molecule has 0 amide bonds. The van der Waals surface area contributed by atoms with Crippen LogP contribution in [0.5, 0.6) is 0 Å². The first-order chi connectivity index (χ1) is 27.0. The van der Waals surface area contributed by atoms with Gasteiger partial charge in [-0.05, 0) is 82.6 Å². The Hall–Kier alpha value is -5.20. The van der Waals surface area contributed by atoms with Crippen molar-refractivity contribution >= 4 is 11.4 Å². The molecule has 0 saturated carbocycles. The first-order valence-electron chi connectivity index (χ1n) is 20.1. The van der Waals surface area contributed by atoms with Gasteiger partial charge in [-0.1, -0.05) is 133 Å². The van der Waals surface area contributed by atoms with Crippen molar-refractivity contribution in [3.8, 4) is 22.3 Å². The van der Waals surface area contributed by atoms with Crippen LogP contribution in [0.4, 0.5) is 11.4 Å². The van der Waals surface area contributed by atoms with E-state index < -0.39 is 0 Å². The molecule has 5 heteroatoms. The number of rotatable bonds is 12. The Bertz CT molecular complexity index is 1910. The minimum atomic E-state index is 0.477. The van der Waals surface area contributed by atoms with E-state index in [0.29, 0.717) is 25.3 Å². The Kier molecular flexibility index (Phi) is 11.7. The molecule has 5 nitrogen and oxygen atoms in total. The van der Waals surface area contributed by atoms with Gasteiger partial charge in [0.2, 0.25) is 0 Å². The van der Waals surface area contributed by atoms with Crippen LogP contribution in [-0.4, -0.2) is 61.2 Å². The fraction of sp³-hybridized carbons (Fsp3) is 0.280. The lowest BCUT2D eigenvalue weighted by atomic mass is 10.0. The number of ether oxygens (including phenoxy) is 1. The number of hydrogen-bond acceptors (Lipinski definition) is 5. The highest BCUT2D eigenvalue weighted by Gasteiger charge is 2.25. The maximum absolute atomic E-state index is 6.15. The lowest BCUT2D eigenvalue weighted by Gasteiger charge is -2.41. The van der Waals surface area contributed by atoms with Crippen molar-refractivity contribution in [1.82, 2.24) is 9.80 Å². The summed E-state index contributed by atoms with van der Waals surface area (Å²) in [6.07, 6.45) is 0. The molecule has 6 aromatic rings. The van der Waals surface area contributed by atoms with Gasteiger partial charge in [0.15, 0.2) is 0 Å². The summed E-state index contributed by atoms with van der Waals surface area (Å²) in [6.45, 7) is 14.3. The lowest BCUT2D eigenvalue weighted by molar-refractivity contribution is 0.107. The summed E-state index contributed by atoms with van der Waals surface area (Å²) >= 11 is 0. The van der Waals surface area contributed by atoms with Gasteiger partial charge in [-0.15, -0.1) is 0 Å². The second-order valence-corrected chi connectivity index (χ2v) is 15.5. The molecule has 0 spiro atoms. The van der Waals surface area contributed by atoms with Crippen LogP contribution in [0.1, 0.15) is 36.1 Å². The molecule has 6 aromatic carbocycles. The predicted octanol–water partition coefficient (Wildman–Crippen LogP) is 10.2. The van der Waals surface area contributed by atoms with Gasteiger partial charge >= 0.3 is 0 Å². The summed E-state index contributed by atoms with van der Waals surface area (Å²) in [5.74, 6) is 0. The summed E-state index contributed by atoms with van der Waals surface area (Å²) < 4.78 is 6.15. The van der Waals surface area contributed by atoms with E-state index in [1.807, 2.05) is 0 Å². The van der Waals surface area contributed by atoms with Crippen molar-refractivity contribution in [2.75, 3.05) is 49.1 Å². The third-order valence-corrected chi connectivity index (χ3v) is 11.4. The summed E-state index contributed by atoms with van der Waals surface area (Å²) in [6, 6.07) is 58.4. The molecule has 0 bridgehead atoms. The van der Waals surface area contributed by atoms with E-state index >= 15 is 0 Å². The maximum atomic E-state index is 6.15. The van der Waals surface area contributed by atoms with Crippen LogP contribution >= 0.6 is 0 Å². The molecule has 0 aliphatic carbocycles. The zero-order chi connectivity index (χ0) is 37.4. The van der Waals surface area contributed by atoms with Crippen LogP contribution < -0.4 is 9.80 Å². The summed E-state index contributed by atoms with van der Waals surface area (Å²) in [5, 5.41) is 0. The van der Waals surface area contributed by atoms with Crippen molar-refractivity contribution in [2.24, 2.45) is 0 Å². The van der Waals surface area contributed by atoms with E-state index in [-0.39, 0.29) is 0 Å². The van der Waals surface area contributed by atoms with E-state index in [9.17, 15) is 0 Å². The fourth-order valence-corrected chi connectivity index (χ4v) is 8.37. The number of hydrogen-bond donors (Lipinski definition) is 0. The van der Waals surface area contributed by atoms with Crippen LogP contribution in [0.2, 0.25) is 0 Å². The Labute approximate surface area is 328 Å². The van der Waals surface area contributed by atoms with E-state index in [1.165, 1.54) is 55.9 Å².